The van der Waals surface area contributed by atoms with Crippen LogP contribution in [0, 0.1) is 9.52 Å². The predicted octanol–water partition coefficient (Wildman–Crippen LogP) is 2.75. The third kappa shape index (κ3) is 4.33. The molecule has 1 aromatic rings. The summed E-state index contributed by atoms with van der Waals surface area (Å²) in [4.78, 5) is 3.55. The fourth-order valence-electron chi connectivity index (χ4n) is 1.67. The average Bonchev–Trinajstić information content (AvgIpc) is 2.38. The summed E-state index contributed by atoms with van der Waals surface area (Å²) in [6, 6.07) is 1.33. The highest BCUT2D eigenvalue weighted by molar-refractivity contribution is 14.1. The van der Waals surface area contributed by atoms with Crippen molar-refractivity contribution in [3.05, 3.63) is 21.8 Å². The highest BCUT2D eigenvalue weighted by Gasteiger charge is 2.13. The van der Waals surface area contributed by atoms with Crippen molar-refractivity contribution in [2.24, 2.45) is 0 Å². The molecule has 0 aliphatic carbocycles. The number of hydrogen-bond donors (Lipinski definition) is 0. The molecule has 100 valence electrons. The normalized spacial score (nSPS) is 19.8. The maximum absolute atomic E-state index is 12.8. The zero-order chi connectivity index (χ0) is 12.8. The molecule has 1 aliphatic heterocycles. The fraction of sp³-hybridized carbons (Fsp3) is 0.583. The van der Waals surface area contributed by atoms with Gasteiger partial charge in [0.15, 0.2) is 12.0 Å². The molecule has 1 fully saturated rings. The van der Waals surface area contributed by atoms with Crippen LogP contribution in [0.25, 0.3) is 0 Å². The minimum Gasteiger partial charge on any atom is -0.488 e. The van der Waals surface area contributed by atoms with Gasteiger partial charge in [0.2, 0.25) is 5.95 Å². The van der Waals surface area contributed by atoms with E-state index in [9.17, 15) is 4.39 Å². The van der Waals surface area contributed by atoms with Crippen molar-refractivity contribution in [2.75, 3.05) is 19.8 Å². The van der Waals surface area contributed by atoms with Crippen LogP contribution in [0.5, 0.6) is 5.75 Å². The number of nitrogens with zero attached hydrogens (tertiary/aromatic N) is 1. The first kappa shape index (κ1) is 14.0. The van der Waals surface area contributed by atoms with E-state index < -0.39 is 5.95 Å². The lowest BCUT2D eigenvalue weighted by atomic mass is 10.2. The maximum atomic E-state index is 12.8. The van der Waals surface area contributed by atoms with Crippen LogP contribution < -0.4 is 4.74 Å². The lowest BCUT2D eigenvalue weighted by Gasteiger charge is -2.22. The Balaban J connectivity index is 1.68. The van der Waals surface area contributed by atoms with Gasteiger partial charge in [-0.1, -0.05) is 0 Å². The van der Waals surface area contributed by atoms with Gasteiger partial charge in [0.25, 0.3) is 0 Å². The van der Waals surface area contributed by atoms with Gasteiger partial charge in [-0.25, -0.2) is 4.98 Å². The number of ether oxygens (including phenoxy) is 3. The van der Waals surface area contributed by atoms with Crippen molar-refractivity contribution in [1.82, 2.24) is 4.98 Å². The van der Waals surface area contributed by atoms with Gasteiger partial charge in [-0.05, 0) is 41.9 Å². The molecule has 2 heterocycles. The van der Waals surface area contributed by atoms with Gasteiger partial charge in [0.1, 0.15) is 6.61 Å². The highest BCUT2D eigenvalue weighted by Crippen LogP contribution is 2.19. The van der Waals surface area contributed by atoms with Crippen LogP contribution in [-0.2, 0) is 9.47 Å². The van der Waals surface area contributed by atoms with E-state index in [2.05, 4.69) is 4.98 Å². The van der Waals surface area contributed by atoms with Gasteiger partial charge in [0, 0.05) is 12.7 Å². The van der Waals surface area contributed by atoms with Gasteiger partial charge in [-0.3, -0.25) is 0 Å². The van der Waals surface area contributed by atoms with E-state index in [0.29, 0.717) is 22.5 Å². The molecule has 1 atom stereocenters. The van der Waals surface area contributed by atoms with Gasteiger partial charge in [0.05, 0.1) is 16.4 Å². The third-order valence-corrected chi connectivity index (χ3v) is 3.41. The number of pyridine rings is 1. The minimum absolute atomic E-state index is 0.104. The Morgan fingerprint density at radius 1 is 1.44 bits per heavy atom. The molecule has 0 spiro atoms. The van der Waals surface area contributed by atoms with E-state index in [1.54, 1.807) is 0 Å². The van der Waals surface area contributed by atoms with Crippen molar-refractivity contribution in [3.8, 4) is 5.75 Å². The Kier molecular flexibility index (Phi) is 5.58. The Morgan fingerprint density at radius 3 is 3.06 bits per heavy atom. The Bertz CT molecular complexity index is 386. The van der Waals surface area contributed by atoms with E-state index in [1.165, 1.54) is 12.3 Å². The average molecular weight is 367 g/mol. The molecule has 1 aliphatic rings. The second kappa shape index (κ2) is 7.20. The first-order valence-corrected chi connectivity index (χ1v) is 7.00. The van der Waals surface area contributed by atoms with Gasteiger partial charge < -0.3 is 14.2 Å². The largest absolute Gasteiger partial charge is 0.488 e. The van der Waals surface area contributed by atoms with Crippen LogP contribution in [0.2, 0.25) is 0 Å². The summed E-state index contributed by atoms with van der Waals surface area (Å²) in [6.45, 7) is 1.63. The van der Waals surface area contributed by atoms with Crippen molar-refractivity contribution in [1.29, 1.82) is 0 Å². The molecule has 0 N–H and O–H groups in total. The van der Waals surface area contributed by atoms with Gasteiger partial charge in [-0.2, -0.15) is 4.39 Å². The maximum Gasteiger partial charge on any atom is 0.214 e. The summed E-state index contributed by atoms with van der Waals surface area (Å²) >= 11 is 2.01. The van der Waals surface area contributed by atoms with Crippen molar-refractivity contribution >= 4 is 22.6 Å². The number of rotatable bonds is 5. The van der Waals surface area contributed by atoms with Crippen LogP contribution in [0.15, 0.2) is 12.3 Å². The van der Waals surface area contributed by atoms with Crippen LogP contribution in [0.4, 0.5) is 4.39 Å². The molecule has 6 heteroatoms. The monoisotopic (exact) mass is 367 g/mol. The molecular weight excluding hydrogens is 352 g/mol. The van der Waals surface area contributed by atoms with Crippen molar-refractivity contribution in [2.45, 2.75) is 25.6 Å². The summed E-state index contributed by atoms with van der Waals surface area (Å²) in [5, 5.41) is 0. The molecule has 0 saturated carbocycles. The van der Waals surface area contributed by atoms with Crippen LogP contribution >= 0.6 is 22.6 Å². The van der Waals surface area contributed by atoms with Crippen LogP contribution in [0.1, 0.15) is 19.3 Å². The summed E-state index contributed by atoms with van der Waals surface area (Å²) < 4.78 is 29.9. The zero-order valence-corrected chi connectivity index (χ0v) is 12.1. The molecule has 1 saturated heterocycles. The second-order valence-corrected chi connectivity index (χ2v) is 5.12. The Morgan fingerprint density at radius 2 is 2.33 bits per heavy atom. The number of aromatic nitrogens is 1. The Hall–Kier alpha value is -0.470. The third-order valence-electron chi connectivity index (χ3n) is 2.57. The highest BCUT2D eigenvalue weighted by atomic mass is 127. The number of hydrogen-bond acceptors (Lipinski definition) is 4. The minimum atomic E-state index is -0.501. The molecule has 0 radical (unpaired) electrons. The van der Waals surface area contributed by atoms with Crippen molar-refractivity contribution in [3.63, 3.8) is 0 Å². The van der Waals surface area contributed by atoms with E-state index in [-0.39, 0.29) is 6.29 Å². The summed E-state index contributed by atoms with van der Waals surface area (Å²) in [6.07, 6.45) is 4.47. The van der Waals surface area contributed by atoms with Crippen molar-refractivity contribution < 1.29 is 18.6 Å². The van der Waals surface area contributed by atoms with E-state index in [0.717, 1.165) is 25.9 Å². The molecule has 0 amide bonds. The van der Waals surface area contributed by atoms with E-state index in [4.69, 9.17) is 14.2 Å². The van der Waals surface area contributed by atoms with Crippen LogP contribution in [0.3, 0.4) is 0 Å². The zero-order valence-electron chi connectivity index (χ0n) is 9.90. The summed E-state index contributed by atoms with van der Waals surface area (Å²) in [5.41, 5.74) is 0. The molecule has 4 nitrogen and oxygen atoms in total. The topological polar surface area (TPSA) is 40.6 Å². The molecule has 0 aromatic carbocycles. The molecule has 2 rings (SSSR count). The van der Waals surface area contributed by atoms with Gasteiger partial charge >= 0.3 is 0 Å². The molecule has 0 bridgehead atoms. The first-order valence-electron chi connectivity index (χ1n) is 5.93. The fourth-order valence-corrected chi connectivity index (χ4v) is 2.23. The predicted molar refractivity (Wildman–Crippen MR) is 72.0 cm³/mol. The standard InChI is InChI=1S/C12H15FINO3/c13-11-7-9(14)10(8-15-11)16-5-6-18-12-3-1-2-4-17-12/h7-8,12H,1-6H2. The SMILES string of the molecule is Fc1cc(I)c(OCCOC2CCCCO2)cn1. The summed E-state index contributed by atoms with van der Waals surface area (Å²) in [5.74, 6) is 0.0729. The summed E-state index contributed by atoms with van der Waals surface area (Å²) in [7, 11) is 0. The molecule has 1 unspecified atom stereocenters. The first-order chi connectivity index (χ1) is 8.75. The number of halogens is 2. The lowest BCUT2D eigenvalue weighted by Crippen LogP contribution is -2.24. The molecule has 18 heavy (non-hydrogen) atoms. The van der Waals surface area contributed by atoms with Crippen LogP contribution in [-0.4, -0.2) is 31.1 Å². The van der Waals surface area contributed by atoms with E-state index in [1.807, 2.05) is 22.6 Å². The Labute approximate surface area is 119 Å². The molecular formula is C12H15FINO3. The lowest BCUT2D eigenvalue weighted by molar-refractivity contribution is -0.165. The second-order valence-electron chi connectivity index (χ2n) is 3.95. The smallest absolute Gasteiger partial charge is 0.214 e. The van der Waals surface area contributed by atoms with Gasteiger partial charge in [-0.15, -0.1) is 0 Å². The van der Waals surface area contributed by atoms with E-state index >= 15 is 0 Å². The molecule has 1 aromatic heterocycles. The quantitative estimate of drug-likeness (QED) is 0.456.